The summed E-state index contributed by atoms with van der Waals surface area (Å²) in [5.74, 6) is -0.207. The first-order valence-corrected chi connectivity index (χ1v) is 32.4. The van der Waals surface area contributed by atoms with Gasteiger partial charge in [-0.05, 0) is 83.5 Å². The van der Waals surface area contributed by atoms with Crippen LogP contribution >= 0.6 is 0 Å². The largest absolute Gasteiger partial charge is 0.466 e. The molecule has 0 bridgehead atoms. The molecule has 1 aliphatic rings. The van der Waals surface area contributed by atoms with Crippen molar-refractivity contribution in [2.75, 3.05) is 19.8 Å². The van der Waals surface area contributed by atoms with E-state index in [4.69, 9.17) is 14.2 Å². The van der Waals surface area contributed by atoms with Gasteiger partial charge in [-0.3, -0.25) is 9.59 Å². The number of nitrogens with one attached hydrogen (secondary N) is 1. The summed E-state index contributed by atoms with van der Waals surface area (Å²) in [6.45, 7) is 4.31. The van der Waals surface area contributed by atoms with Crippen LogP contribution in [0.3, 0.4) is 0 Å². The molecule has 0 saturated carbocycles. The molecule has 7 atom stereocenters. The monoisotopic (exact) mass is 1090 g/mol. The Bertz CT molecular complexity index is 1420. The van der Waals surface area contributed by atoms with E-state index in [1.807, 2.05) is 6.08 Å². The number of rotatable bonds is 56. The molecule has 0 aliphatic carbocycles. The summed E-state index contributed by atoms with van der Waals surface area (Å²) >= 11 is 0. The normalized spacial score (nSPS) is 18.9. The van der Waals surface area contributed by atoms with Crippen molar-refractivity contribution in [1.82, 2.24) is 5.32 Å². The molecule has 1 fully saturated rings. The van der Waals surface area contributed by atoms with Gasteiger partial charge >= 0.3 is 5.97 Å². The summed E-state index contributed by atoms with van der Waals surface area (Å²) in [6.07, 6.45) is 60.6. The Kier molecular flexibility index (Phi) is 52.4. The van der Waals surface area contributed by atoms with Crippen molar-refractivity contribution in [3.63, 3.8) is 0 Å². The summed E-state index contributed by atoms with van der Waals surface area (Å²) in [6, 6.07) is -0.819. The molecule has 0 aromatic rings. The summed E-state index contributed by atoms with van der Waals surface area (Å²) in [7, 11) is 0. The van der Waals surface area contributed by atoms with Crippen molar-refractivity contribution in [2.45, 2.75) is 339 Å². The molecule has 0 spiro atoms. The first-order chi connectivity index (χ1) is 37.7. The molecule has 77 heavy (non-hydrogen) atoms. The number of hydrogen-bond donors (Lipinski definition) is 6. The average molecular weight is 1090 g/mol. The zero-order valence-electron chi connectivity index (χ0n) is 49.7. The Labute approximate surface area is 472 Å². The van der Waals surface area contributed by atoms with Crippen LogP contribution in [0.15, 0.2) is 48.6 Å². The Morgan fingerprint density at radius 3 is 1.36 bits per heavy atom. The van der Waals surface area contributed by atoms with Gasteiger partial charge in [-0.2, -0.15) is 0 Å². The predicted molar refractivity (Wildman–Crippen MR) is 320 cm³/mol. The van der Waals surface area contributed by atoms with E-state index in [0.717, 1.165) is 83.5 Å². The molecular weight excluding hydrogens is 967 g/mol. The lowest BCUT2D eigenvalue weighted by atomic mass is 9.99. The smallest absolute Gasteiger partial charge is 0.305 e. The number of allylic oxidation sites excluding steroid dienone is 7. The van der Waals surface area contributed by atoms with E-state index in [9.17, 15) is 35.1 Å². The molecule has 0 radical (unpaired) electrons. The van der Waals surface area contributed by atoms with Gasteiger partial charge in [-0.1, -0.05) is 249 Å². The van der Waals surface area contributed by atoms with Crippen molar-refractivity contribution in [3.05, 3.63) is 48.6 Å². The molecule has 450 valence electrons. The minimum absolute atomic E-state index is 0.0161. The highest BCUT2D eigenvalue weighted by molar-refractivity contribution is 5.76. The quantitative estimate of drug-likeness (QED) is 0.0195. The van der Waals surface area contributed by atoms with E-state index in [1.165, 1.54) is 186 Å². The fourth-order valence-electron chi connectivity index (χ4n) is 9.98. The van der Waals surface area contributed by atoms with E-state index >= 15 is 0 Å². The van der Waals surface area contributed by atoms with Gasteiger partial charge in [0.25, 0.3) is 0 Å². The Morgan fingerprint density at radius 2 is 0.883 bits per heavy atom. The van der Waals surface area contributed by atoms with Gasteiger partial charge < -0.3 is 45.1 Å². The van der Waals surface area contributed by atoms with Gasteiger partial charge in [0.2, 0.25) is 5.91 Å². The molecule has 0 aromatic carbocycles. The summed E-state index contributed by atoms with van der Waals surface area (Å²) in [5.41, 5.74) is 0. The molecular formula is C66H121NO10. The van der Waals surface area contributed by atoms with Gasteiger partial charge in [-0.15, -0.1) is 0 Å². The van der Waals surface area contributed by atoms with Gasteiger partial charge in [-0.25, -0.2) is 0 Å². The lowest BCUT2D eigenvalue weighted by Gasteiger charge is -2.40. The number of unbranched alkanes of at least 4 members (excludes halogenated alkanes) is 36. The average Bonchev–Trinajstić information content (AvgIpc) is 3.43. The van der Waals surface area contributed by atoms with Crippen LogP contribution in [0.4, 0.5) is 0 Å². The van der Waals surface area contributed by atoms with Crippen molar-refractivity contribution in [3.8, 4) is 0 Å². The Morgan fingerprint density at radius 1 is 0.481 bits per heavy atom. The van der Waals surface area contributed by atoms with Crippen LogP contribution < -0.4 is 5.32 Å². The second kappa shape index (κ2) is 55.5. The third kappa shape index (κ3) is 45.0. The number of aliphatic hydroxyl groups excluding tert-OH is 5. The lowest BCUT2D eigenvalue weighted by molar-refractivity contribution is -0.302. The van der Waals surface area contributed by atoms with Crippen LogP contribution in [-0.4, -0.2) is 100 Å². The number of aliphatic hydroxyl groups is 5. The van der Waals surface area contributed by atoms with E-state index in [1.54, 1.807) is 6.08 Å². The zero-order chi connectivity index (χ0) is 55.9. The molecule has 1 rings (SSSR count). The Hall–Kier alpha value is -2.38. The van der Waals surface area contributed by atoms with Gasteiger partial charge in [0.15, 0.2) is 6.29 Å². The maximum atomic E-state index is 13.1. The van der Waals surface area contributed by atoms with E-state index < -0.39 is 49.5 Å². The van der Waals surface area contributed by atoms with Crippen LogP contribution in [0.25, 0.3) is 0 Å². The summed E-state index contributed by atoms with van der Waals surface area (Å²) in [5, 5.41) is 54.5. The molecule has 1 heterocycles. The highest BCUT2D eigenvalue weighted by Crippen LogP contribution is 2.23. The van der Waals surface area contributed by atoms with Crippen molar-refractivity contribution in [1.29, 1.82) is 0 Å². The van der Waals surface area contributed by atoms with Crippen LogP contribution in [0, 0.1) is 0 Å². The molecule has 0 aromatic heterocycles. The zero-order valence-corrected chi connectivity index (χ0v) is 49.7. The van der Waals surface area contributed by atoms with Crippen LogP contribution in [0.2, 0.25) is 0 Å². The Balaban J connectivity index is 2.10. The molecule has 1 aliphatic heterocycles. The first-order valence-electron chi connectivity index (χ1n) is 32.4. The molecule has 7 unspecified atom stereocenters. The van der Waals surface area contributed by atoms with Crippen LogP contribution in [-0.2, 0) is 23.8 Å². The summed E-state index contributed by atoms with van der Waals surface area (Å²) in [4.78, 5) is 25.1. The fraction of sp³-hybridized carbons (Fsp3) is 0.848. The summed E-state index contributed by atoms with van der Waals surface area (Å²) < 4.78 is 16.7. The van der Waals surface area contributed by atoms with Crippen LogP contribution in [0.5, 0.6) is 0 Å². The molecule has 1 amide bonds. The predicted octanol–water partition coefficient (Wildman–Crippen LogP) is 15.6. The number of hydrogen-bond acceptors (Lipinski definition) is 10. The third-order valence-corrected chi connectivity index (χ3v) is 15.2. The minimum Gasteiger partial charge on any atom is -0.466 e. The SMILES string of the molecule is CCCC/C=C\CCCCCCCC(=O)OCCCCCCCCCCC/C=C\C/C=C\CCCCCCCCCC(=O)NC(COC1OC(CO)C(O)C(O)C1O)C(O)/C=C/CCCCCCCCCCCCCCC. The molecule has 1 saturated heterocycles. The highest BCUT2D eigenvalue weighted by atomic mass is 16.7. The first kappa shape index (κ1) is 72.6. The van der Waals surface area contributed by atoms with Crippen molar-refractivity contribution in [2.24, 2.45) is 0 Å². The van der Waals surface area contributed by atoms with E-state index in [2.05, 4.69) is 55.6 Å². The van der Waals surface area contributed by atoms with Gasteiger partial charge in [0.1, 0.15) is 24.4 Å². The molecule has 6 N–H and O–H groups in total. The number of amides is 1. The third-order valence-electron chi connectivity index (χ3n) is 15.2. The number of esters is 1. The minimum atomic E-state index is -1.58. The van der Waals surface area contributed by atoms with Crippen molar-refractivity contribution < 1.29 is 49.3 Å². The maximum absolute atomic E-state index is 13.1. The maximum Gasteiger partial charge on any atom is 0.305 e. The van der Waals surface area contributed by atoms with Gasteiger partial charge in [0.05, 0.1) is 32.0 Å². The topological polar surface area (TPSA) is 175 Å². The highest BCUT2D eigenvalue weighted by Gasteiger charge is 2.44. The lowest BCUT2D eigenvalue weighted by Crippen LogP contribution is -2.60. The standard InChI is InChI=1S/C66H121NO10/c1-3-5-7-9-11-13-15-16-26-29-33-36-40-44-48-52-59(69)58(57-76-66-65(74)64(73)63(72)60(56-68)77-66)67-61(70)53-49-45-41-37-34-30-27-24-22-20-18-17-19-21-23-25-28-31-35-39-43-47-51-55-75-62(71)54-50-46-42-38-32-14-12-10-8-6-4-2/h10,12,17,19-20,22,48,52,58-60,63-66,68-69,72-74H,3-9,11,13-16,18,21,23-47,49-51,53-57H2,1-2H3,(H,67,70)/b12-10-,19-17-,22-20-,52-48+. The number of carbonyl (C=O) groups is 2. The van der Waals surface area contributed by atoms with Crippen molar-refractivity contribution >= 4 is 11.9 Å². The second-order valence-electron chi connectivity index (χ2n) is 22.5. The van der Waals surface area contributed by atoms with E-state index in [0.29, 0.717) is 19.4 Å². The van der Waals surface area contributed by atoms with E-state index in [-0.39, 0.29) is 18.5 Å². The fourth-order valence-corrected chi connectivity index (χ4v) is 9.98. The molecule has 11 nitrogen and oxygen atoms in total. The molecule has 11 heteroatoms. The number of carbonyl (C=O) groups excluding carboxylic acids is 2. The van der Waals surface area contributed by atoms with Gasteiger partial charge in [0, 0.05) is 12.8 Å². The second-order valence-corrected chi connectivity index (χ2v) is 22.5. The van der Waals surface area contributed by atoms with Crippen LogP contribution in [0.1, 0.15) is 296 Å². The number of ether oxygens (including phenoxy) is 3.